The van der Waals surface area contributed by atoms with Gasteiger partial charge < -0.3 is 10.1 Å². The third kappa shape index (κ3) is 5.33. The number of carbonyl (C=O) groups excluding carboxylic acids is 1. The minimum atomic E-state index is -0.335. The first-order valence-electron chi connectivity index (χ1n) is 6.86. The Morgan fingerprint density at radius 3 is 2.73 bits per heavy atom. The lowest BCUT2D eigenvalue weighted by Gasteiger charge is -2.09. The zero-order valence-corrected chi connectivity index (χ0v) is 13.8. The summed E-state index contributed by atoms with van der Waals surface area (Å²) < 4.78 is 6.40. The standard InChI is InChI=1S/C15H17BrN4O2/c1-11-5-2-3-6-13(11)22-8-4-7-17-15(21)20-14-18-9-12(16)10-19-14/h2-3,5-6,9-10H,4,7-8H2,1H3,(H2,17,18,19,20,21). The molecule has 2 rings (SSSR count). The van der Waals surface area contributed by atoms with Crippen molar-refractivity contribution < 1.29 is 9.53 Å². The number of aryl methyl sites for hydroxylation is 1. The quantitative estimate of drug-likeness (QED) is 0.772. The van der Waals surface area contributed by atoms with Gasteiger partial charge >= 0.3 is 6.03 Å². The Labute approximate surface area is 137 Å². The molecule has 116 valence electrons. The predicted octanol–water partition coefficient (Wildman–Crippen LogP) is 3.14. The maximum Gasteiger partial charge on any atom is 0.321 e. The maximum absolute atomic E-state index is 11.6. The Morgan fingerprint density at radius 1 is 1.27 bits per heavy atom. The van der Waals surface area contributed by atoms with Gasteiger partial charge in [-0.05, 0) is 40.9 Å². The van der Waals surface area contributed by atoms with Gasteiger partial charge in [0.05, 0.1) is 11.1 Å². The summed E-state index contributed by atoms with van der Waals surface area (Å²) >= 11 is 3.23. The molecular weight excluding hydrogens is 348 g/mol. The van der Waals surface area contributed by atoms with Crippen molar-refractivity contribution in [1.29, 1.82) is 0 Å². The molecule has 6 nitrogen and oxygen atoms in total. The molecule has 1 aromatic carbocycles. The second-order valence-corrected chi connectivity index (χ2v) is 5.49. The molecule has 2 aromatic rings. The van der Waals surface area contributed by atoms with Crippen LogP contribution in [0.5, 0.6) is 5.75 Å². The van der Waals surface area contributed by atoms with Gasteiger partial charge in [0, 0.05) is 18.9 Å². The SMILES string of the molecule is Cc1ccccc1OCCCNC(=O)Nc1ncc(Br)cn1. The number of hydrogen-bond acceptors (Lipinski definition) is 4. The minimum absolute atomic E-state index is 0.261. The predicted molar refractivity (Wildman–Crippen MR) is 88.0 cm³/mol. The number of amides is 2. The number of benzene rings is 1. The number of carbonyl (C=O) groups is 1. The summed E-state index contributed by atoms with van der Waals surface area (Å²) in [5, 5.41) is 5.28. The Bertz CT molecular complexity index is 619. The topological polar surface area (TPSA) is 76.1 Å². The lowest BCUT2D eigenvalue weighted by molar-refractivity contribution is 0.250. The number of nitrogens with one attached hydrogen (secondary N) is 2. The van der Waals surface area contributed by atoms with Crippen LogP contribution in [0.25, 0.3) is 0 Å². The van der Waals surface area contributed by atoms with Gasteiger partial charge in [-0.15, -0.1) is 0 Å². The smallest absolute Gasteiger partial charge is 0.321 e. The summed E-state index contributed by atoms with van der Waals surface area (Å²) in [6.07, 6.45) is 3.85. The van der Waals surface area contributed by atoms with Gasteiger partial charge in [0.1, 0.15) is 5.75 Å². The van der Waals surface area contributed by atoms with Crippen molar-refractivity contribution in [3.8, 4) is 5.75 Å². The molecule has 0 spiro atoms. The summed E-state index contributed by atoms with van der Waals surface area (Å²) in [5.41, 5.74) is 1.10. The second-order valence-electron chi connectivity index (χ2n) is 4.57. The van der Waals surface area contributed by atoms with E-state index in [4.69, 9.17) is 4.74 Å². The molecule has 0 saturated heterocycles. The number of anilines is 1. The van der Waals surface area contributed by atoms with Gasteiger partial charge in [-0.1, -0.05) is 18.2 Å². The van der Waals surface area contributed by atoms with E-state index in [0.29, 0.717) is 19.6 Å². The van der Waals surface area contributed by atoms with Crippen molar-refractivity contribution in [2.45, 2.75) is 13.3 Å². The van der Waals surface area contributed by atoms with Gasteiger partial charge in [-0.3, -0.25) is 5.32 Å². The fraction of sp³-hybridized carbons (Fsp3) is 0.267. The Balaban J connectivity index is 1.63. The molecule has 0 aliphatic rings. The van der Waals surface area contributed by atoms with Crippen LogP contribution in [-0.2, 0) is 0 Å². The maximum atomic E-state index is 11.6. The highest BCUT2D eigenvalue weighted by molar-refractivity contribution is 9.10. The zero-order valence-electron chi connectivity index (χ0n) is 12.2. The number of hydrogen-bond donors (Lipinski definition) is 2. The van der Waals surface area contributed by atoms with Gasteiger partial charge in [0.25, 0.3) is 0 Å². The number of halogens is 1. The normalized spacial score (nSPS) is 10.1. The molecule has 0 fully saturated rings. The fourth-order valence-corrected chi connectivity index (χ4v) is 1.90. The van der Waals surface area contributed by atoms with Crippen molar-refractivity contribution in [2.75, 3.05) is 18.5 Å². The number of para-hydroxylation sites is 1. The summed E-state index contributed by atoms with van der Waals surface area (Å²) in [6.45, 7) is 3.05. The van der Waals surface area contributed by atoms with Gasteiger partial charge in [0.2, 0.25) is 5.95 Å². The molecule has 7 heteroatoms. The van der Waals surface area contributed by atoms with Gasteiger partial charge in [-0.25, -0.2) is 14.8 Å². The van der Waals surface area contributed by atoms with Crippen LogP contribution in [-0.4, -0.2) is 29.2 Å². The van der Waals surface area contributed by atoms with Crippen LogP contribution in [0.4, 0.5) is 10.7 Å². The molecular formula is C15H17BrN4O2. The van der Waals surface area contributed by atoms with Crippen molar-refractivity contribution in [1.82, 2.24) is 15.3 Å². The fourth-order valence-electron chi connectivity index (χ4n) is 1.70. The second kappa shape index (κ2) is 8.33. The highest BCUT2D eigenvalue weighted by Crippen LogP contribution is 2.15. The van der Waals surface area contributed by atoms with E-state index in [1.807, 2.05) is 31.2 Å². The average Bonchev–Trinajstić information content (AvgIpc) is 2.51. The molecule has 0 bridgehead atoms. The van der Waals surface area contributed by atoms with Crippen molar-refractivity contribution >= 4 is 27.9 Å². The van der Waals surface area contributed by atoms with E-state index in [9.17, 15) is 4.79 Å². The zero-order chi connectivity index (χ0) is 15.8. The summed E-state index contributed by atoms with van der Waals surface area (Å²) in [6, 6.07) is 7.50. The van der Waals surface area contributed by atoms with E-state index in [-0.39, 0.29) is 12.0 Å². The minimum Gasteiger partial charge on any atom is -0.493 e. The number of ether oxygens (including phenoxy) is 1. The molecule has 2 amide bonds. The van der Waals surface area contributed by atoms with E-state index in [1.165, 1.54) is 0 Å². The van der Waals surface area contributed by atoms with Crippen molar-refractivity contribution in [3.63, 3.8) is 0 Å². The van der Waals surface area contributed by atoms with E-state index in [1.54, 1.807) is 12.4 Å². The lowest BCUT2D eigenvalue weighted by atomic mass is 10.2. The first-order valence-corrected chi connectivity index (χ1v) is 7.65. The monoisotopic (exact) mass is 364 g/mol. The van der Waals surface area contributed by atoms with E-state index in [2.05, 4.69) is 36.5 Å². The first kappa shape index (κ1) is 16.2. The third-order valence-electron chi connectivity index (χ3n) is 2.80. The number of nitrogens with zero attached hydrogens (tertiary/aromatic N) is 2. The number of rotatable bonds is 6. The van der Waals surface area contributed by atoms with E-state index >= 15 is 0 Å². The summed E-state index contributed by atoms with van der Waals surface area (Å²) in [4.78, 5) is 19.5. The van der Waals surface area contributed by atoms with E-state index < -0.39 is 0 Å². The number of urea groups is 1. The molecule has 0 aliphatic carbocycles. The largest absolute Gasteiger partial charge is 0.493 e. The molecule has 1 heterocycles. The average molecular weight is 365 g/mol. The van der Waals surface area contributed by atoms with Crippen LogP contribution in [0.3, 0.4) is 0 Å². The van der Waals surface area contributed by atoms with Crippen LogP contribution >= 0.6 is 15.9 Å². The summed E-state index contributed by atoms with van der Waals surface area (Å²) in [5.74, 6) is 1.13. The highest BCUT2D eigenvalue weighted by Gasteiger charge is 2.03. The molecule has 2 N–H and O–H groups in total. The lowest BCUT2D eigenvalue weighted by Crippen LogP contribution is -2.30. The van der Waals surface area contributed by atoms with Gasteiger partial charge in [-0.2, -0.15) is 0 Å². The Hall–Kier alpha value is -2.15. The van der Waals surface area contributed by atoms with Crippen LogP contribution in [0, 0.1) is 6.92 Å². The third-order valence-corrected chi connectivity index (χ3v) is 3.21. The molecule has 22 heavy (non-hydrogen) atoms. The Kier molecular flexibility index (Phi) is 6.14. The molecule has 0 radical (unpaired) electrons. The summed E-state index contributed by atoms with van der Waals surface area (Å²) in [7, 11) is 0. The highest BCUT2D eigenvalue weighted by atomic mass is 79.9. The van der Waals surface area contributed by atoms with Crippen LogP contribution < -0.4 is 15.4 Å². The van der Waals surface area contributed by atoms with Crippen LogP contribution in [0.2, 0.25) is 0 Å². The molecule has 0 saturated carbocycles. The van der Waals surface area contributed by atoms with E-state index in [0.717, 1.165) is 15.8 Å². The van der Waals surface area contributed by atoms with Crippen molar-refractivity contribution in [2.24, 2.45) is 0 Å². The molecule has 0 aliphatic heterocycles. The first-order chi connectivity index (χ1) is 10.6. The van der Waals surface area contributed by atoms with Gasteiger partial charge in [0.15, 0.2) is 0 Å². The molecule has 1 aromatic heterocycles. The number of aromatic nitrogens is 2. The molecule has 0 unspecified atom stereocenters. The Morgan fingerprint density at radius 2 is 2.00 bits per heavy atom. The van der Waals surface area contributed by atoms with Crippen LogP contribution in [0.15, 0.2) is 41.1 Å². The molecule has 0 atom stereocenters. The van der Waals surface area contributed by atoms with Crippen LogP contribution in [0.1, 0.15) is 12.0 Å². The van der Waals surface area contributed by atoms with Crippen molar-refractivity contribution in [3.05, 3.63) is 46.7 Å².